The average Bonchev–Trinajstić information content (AvgIpc) is 3.54. The van der Waals surface area contributed by atoms with E-state index in [9.17, 15) is 0 Å². The average molecular weight is 1190 g/mol. The highest BCUT2D eigenvalue weighted by Crippen LogP contribution is 1.96. The van der Waals surface area contributed by atoms with Crippen LogP contribution in [-0.4, -0.2) is 136 Å². The molecule has 520 valence electrons. The molecule has 0 unspecified atom stereocenters. The maximum absolute atomic E-state index is 8.00. The molecule has 0 atom stereocenters. The highest BCUT2D eigenvalue weighted by Gasteiger charge is 1.82. The SMILES string of the molecule is C=O.C=O.C=O.C=O.C=O.C=O.C=O.C=O.C=O.C=O.C=O.CC.CC.CC.CCC(C)C.CCC(C)C.CCC(C)C.CCC(C)C.CCC(C)C.CCC(C)C.CCO.CN.CN.CN.CN.CN.CN.CN.N.N.N.N.[HH].[HH]. The Morgan fingerprint density at radius 3 is 0.241 bits per heavy atom. The van der Waals surface area contributed by atoms with Gasteiger partial charge in [0, 0.05) is 9.46 Å². The van der Waals surface area contributed by atoms with Crippen LogP contribution in [0.25, 0.3) is 0 Å². The number of carbonyl (C=O) groups excluding carboxylic acids is 11. The lowest BCUT2D eigenvalue weighted by Crippen LogP contribution is -1.77. The van der Waals surface area contributed by atoms with Gasteiger partial charge < -0.3 is 123 Å². The summed E-state index contributed by atoms with van der Waals surface area (Å²) in [6, 6.07) is 0. The van der Waals surface area contributed by atoms with E-state index in [0.717, 1.165) is 35.5 Å². The third-order valence-corrected chi connectivity index (χ3v) is 4.90. The Labute approximate surface area is 501 Å². The van der Waals surface area contributed by atoms with Crippen molar-refractivity contribution in [2.45, 2.75) is 212 Å². The van der Waals surface area contributed by atoms with Gasteiger partial charge in [-0.2, -0.15) is 0 Å². The summed E-state index contributed by atoms with van der Waals surface area (Å²) in [5.74, 6) is 5.31. The van der Waals surface area contributed by atoms with Crippen molar-refractivity contribution >= 4 is 74.7 Å². The van der Waals surface area contributed by atoms with Crippen LogP contribution in [0.3, 0.4) is 0 Å². The van der Waals surface area contributed by atoms with E-state index in [1.807, 2.05) is 116 Å². The number of hydrogen-bond acceptors (Lipinski definition) is 23. The molecular formula is C56H169N11O12. The molecular weight excluding hydrogens is 1020 g/mol. The molecule has 27 N–H and O–H groups in total. The van der Waals surface area contributed by atoms with Gasteiger partial charge in [0.05, 0.1) is 0 Å². The minimum atomic E-state index is 0. The number of rotatable bonds is 6. The van der Waals surface area contributed by atoms with E-state index in [2.05, 4.69) is 165 Å². The minimum Gasteiger partial charge on any atom is -0.397 e. The highest BCUT2D eigenvalue weighted by molar-refractivity contribution is 5.12. The van der Waals surface area contributed by atoms with Gasteiger partial charge >= 0.3 is 0 Å². The molecule has 0 spiro atoms. The van der Waals surface area contributed by atoms with Gasteiger partial charge in [0.15, 0.2) is 0 Å². The Kier molecular flexibility index (Phi) is 2530. The molecule has 23 nitrogen and oxygen atoms in total. The van der Waals surface area contributed by atoms with Gasteiger partial charge in [0.25, 0.3) is 0 Å². The third-order valence-electron chi connectivity index (χ3n) is 4.90. The zero-order valence-corrected chi connectivity index (χ0v) is 60.0. The van der Waals surface area contributed by atoms with Gasteiger partial charge in [-0.25, -0.2) is 0 Å². The van der Waals surface area contributed by atoms with Crippen LogP contribution in [0.5, 0.6) is 0 Å². The molecule has 0 saturated carbocycles. The molecule has 0 heterocycles. The van der Waals surface area contributed by atoms with E-state index >= 15 is 0 Å². The zero-order chi connectivity index (χ0) is 70.4. The summed E-state index contributed by atoms with van der Waals surface area (Å²) in [6.07, 6.45) is 7.83. The molecule has 23 heteroatoms. The van der Waals surface area contributed by atoms with E-state index in [-0.39, 0.29) is 34.1 Å². The molecule has 0 aliphatic heterocycles. The standard InChI is InChI=1S/6C5H12.C2H6O.3C2H6.7CH5N.11CH2O.4H3N.2H2/c6*1-4-5(2)3;1-2-3;21*1-2;;;;;;/h6*5H,4H2,1-3H3;3H,2H2,1H3;3*1-2H3;7*2H2,1H3;11*1H2;4*1H3;2*1H. The molecule has 79 heavy (non-hydrogen) atoms. The quantitative estimate of drug-likeness (QED) is 0.117. The summed E-state index contributed by atoms with van der Waals surface area (Å²) < 4.78 is 0. The van der Waals surface area contributed by atoms with Crippen molar-refractivity contribution in [1.29, 1.82) is 0 Å². The highest BCUT2D eigenvalue weighted by atomic mass is 16.2. The second-order valence-corrected chi connectivity index (χ2v) is 11.1. The molecule has 0 rings (SSSR count). The van der Waals surface area contributed by atoms with Crippen LogP contribution in [0.2, 0.25) is 0 Å². The molecule has 0 bridgehead atoms. The monoisotopic (exact) mass is 1190 g/mol. The van der Waals surface area contributed by atoms with Gasteiger partial charge in [-0.3, -0.25) is 0 Å². The summed E-state index contributed by atoms with van der Waals surface area (Å²) >= 11 is 0. The molecule has 0 aliphatic carbocycles. The van der Waals surface area contributed by atoms with Crippen LogP contribution in [0, 0.1) is 35.5 Å². The number of aliphatic hydroxyl groups excluding tert-OH is 1. The number of carbonyl (C=O) groups is 11. The first-order chi connectivity index (χ1) is 36.0. The van der Waals surface area contributed by atoms with Crippen LogP contribution in [0.4, 0.5) is 0 Å². The maximum atomic E-state index is 8.00. The Hall–Kier alpha value is -4.11. The first kappa shape index (κ1) is 222. The Bertz CT molecular complexity index is 365. The molecule has 0 aromatic rings. The van der Waals surface area contributed by atoms with Crippen LogP contribution in [0.1, 0.15) is 214 Å². The second-order valence-electron chi connectivity index (χ2n) is 11.1. The summed E-state index contributed by atoms with van der Waals surface area (Å²) in [5, 5.41) is 7.57. The van der Waals surface area contributed by atoms with Crippen molar-refractivity contribution in [3.8, 4) is 0 Å². The lowest BCUT2D eigenvalue weighted by atomic mass is 10.2. The fourth-order valence-corrected chi connectivity index (χ4v) is 0. The van der Waals surface area contributed by atoms with Crippen LogP contribution < -0.4 is 64.7 Å². The van der Waals surface area contributed by atoms with Crippen LogP contribution >= 0.6 is 0 Å². The number of aliphatic hydroxyl groups is 1. The smallest absolute Gasteiger partial charge is 0.106 e. The minimum absolute atomic E-state index is 0. The molecule has 0 amide bonds. The lowest BCUT2D eigenvalue weighted by molar-refractivity contribution is -0.0987. The molecule has 0 fully saturated rings. The Morgan fingerprint density at radius 1 is 0.228 bits per heavy atom. The van der Waals surface area contributed by atoms with Gasteiger partial charge in [-0.1, -0.05) is 205 Å². The van der Waals surface area contributed by atoms with Crippen molar-refractivity contribution < 1.29 is 60.7 Å². The Morgan fingerprint density at radius 2 is 0.241 bits per heavy atom. The van der Waals surface area contributed by atoms with E-state index in [1.54, 1.807) is 6.92 Å². The predicted octanol–water partition coefficient (Wildman–Crippen LogP) is 11.5. The largest absolute Gasteiger partial charge is 0.397 e. The van der Waals surface area contributed by atoms with E-state index in [1.165, 1.54) is 87.9 Å². The third kappa shape index (κ3) is 6130. The number of hydrogen-bond donors (Lipinski definition) is 12. The maximum Gasteiger partial charge on any atom is 0.106 e. The fraction of sp³-hybridized carbons (Fsp3) is 0.804. The molecule has 0 aromatic heterocycles. The first-order valence-electron chi connectivity index (χ1n) is 24.9. The molecule has 0 aliphatic rings. The molecule has 0 aromatic carbocycles. The van der Waals surface area contributed by atoms with Gasteiger partial charge in [-0.05, 0) is 91.8 Å². The van der Waals surface area contributed by atoms with Crippen molar-refractivity contribution in [3.63, 3.8) is 0 Å². The summed E-state index contributed by atoms with van der Waals surface area (Å²) in [5.41, 5.74) is 31.5. The van der Waals surface area contributed by atoms with Crippen molar-refractivity contribution in [1.82, 2.24) is 24.6 Å². The topological polar surface area (TPSA) is 530 Å². The summed E-state index contributed by atoms with van der Waals surface area (Å²) in [4.78, 5) is 88.0. The summed E-state index contributed by atoms with van der Waals surface area (Å²) in [6.45, 7) is 75.8. The molecule has 0 saturated heterocycles. The first-order valence-corrected chi connectivity index (χ1v) is 24.9. The van der Waals surface area contributed by atoms with Crippen molar-refractivity contribution in [2.75, 3.05) is 55.9 Å². The van der Waals surface area contributed by atoms with Gasteiger partial charge in [0.1, 0.15) is 74.7 Å². The summed E-state index contributed by atoms with van der Waals surface area (Å²) in [7, 11) is 10.5. The lowest BCUT2D eigenvalue weighted by Gasteiger charge is -1.90. The Balaban J connectivity index is -0.00000000892. The van der Waals surface area contributed by atoms with E-state index < -0.39 is 0 Å². The van der Waals surface area contributed by atoms with Crippen molar-refractivity contribution in [2.24, 2.45) is 75.6 Å². The van der Waals surface area contributed by atoms with E-state index in [0.29, 0.717) is 0 Å². The van der Waals surface area contributed by atoms with Crippen molar-refractivity contribution in [3.05, 3.63) is 0 Å². The normalized spacial score (nSPS) is 5.19. The fourth-order valence-electron chi connectivity index (χ4n) is 0. The van der Waals surface area contributed by atoms with Gasteiger partial charge in [-0.15, -0.1) is 0 Å². The van der Waals surface area contributed by atoms with E-state index in [4.69, 9.17) is 57.8 Å². The zero-order valence-electron chi connectivity index (χ0n) is 60.0. The number of nitrogens with two attached hydrogens (primary N) is 7. The predicted molar refractivity (Wildman–Crippen MR) is 371 cm³/mol. The molecule has 0 radical (unpaired) electrons. The van der Waals surface area contributed by atoms with Crippen LogP contribution in [-0.2, 0) is 52.7 Å². The van der Waals surface area contributed by atoms with Gasteiger partial charge in [0.2, 0.25) is 0 Å². The second kappa shape index (κ2) is 900. The van der Waals surface area contributed by atoms with Crippen LogP contribution in [0.15, 0.2) is 0 Å².